The molecular weight excluding hydrogens is 250 g/mol. The number of nitrogens with one attached hydrogen (secondary N) is 1. The van der Waals surface area contributed by atoms with Gasteiger partial charge in [0.25, 0.3) is 5.91 Å². The molecule has 0 atom stereocenters. The molecular formula is C13H14ClN3O. The van der Waals surface area contributed by atoms with Crippen molar-refractivity contribution in [1.82, 2.24) is 9.55 Å². The number of halogens is 1. The van der Waals surface area contributed by atoms with Crippen LogP contribution >= 0.6 is 11.6 Å². The highest BCUT2D eigenvalue weighted by molar-refractivity contribution is 6.29. The van der Waals surface area contributed by atoms with E-state index in [2.05, 4.69) is 10.3 Å². The van der Waals surface area contributed by atoms with E-state index in [1.165, 1.54) is 0 Å². The smallest absolute Gasteiger partial charge is 0.272 e. The highest BCUT2D eigenvalue weighted by Crippen LogP contribution is 2.16. The monoisotopic (exact) mass is 263 g/mol. The minimum atomic E-state index is -0.144. The molecule has 2 rings (SSSR count). The van der Waals surface area contributed by atoms with Gasteiger partial charge in [-0.05, 0) is 38.1 Å². The zero-order chi connectivity index (χ0) is 13.1. The molecule has 2 aromatic heterocycles. The number of pyridine rings is 1. The van der Waals surface area contributed by atoms with Gasteiger partial charge < -0.3 is 9.88 Å². The predicted octanol–water partition coefficient (Wildman–Crippen LogP) is 3.12. The van der Waals surface area contributed by atoms with Crippen LogP contribution in [0.2, 0.25) is 5.15 Å². The van der Waals surface area contributed by atoms with Crippen molar-refractivity contribution in [2.75, 3.05) is 5.32 Å². The lowest BCUT2D eigenvalue weighted by molar-refractivity contribution is 0.101. The maximum Gasteiger partial charge on any atom is 0.272 e. The van der Waals surface area contributed by atoms with Gasteiger partial charge in [-0.25, -0.2) is 4.98 Å². The molecule has 18 heavy (non-hydrogen) atoms. The Hall–Kier alpha value is -1.81. The van der Waals surface area contributed by atoms with Crippen LogP contribution in [0.3, 0.4) is 0 Å². The summed E-state index contributed by atoms with van der Waals surface area (Å²) in [7, 11) is 0. The Labute approximate surface area is 111 Å². The van der Waals surface area contributed by atoms with Gasteiger partial charge in [0.2, 0.25) is 0 Å². The van der Waals surface area contributed by atoms with Gasteiger partial charge in [0.15, 0.2) is 0 Å². The summed E-state index contributed by atoms with van der Waals surface area (Å²) in [6.45, 7) is 4.56. The number of rotatable bonds is 3. The number of anilines is 1. The number of aromatic nitrogens is 2. The zero-order valence-electron chi connectivity index (χ0n) is 10.3. The second-order valence-electron chi connectivity index (χ2n) is 3.90. The molecule has 0 aliphatic rings. The largest absolute Gasteiger partial charge is 0.344 e. The summed E-state index contributed by atoms with van der Waals surface area (Å²) in [4.78, 5) is 16.2. The Morgan fingerprint density at radius 2 is 2.22 bits per heavy atom. The SMILES string of the molecule is CCn1cccc1C(=O)Nc1ccc(Cl)nc1C. The zero-order valence-corrected chi connectivity index (χ0v) is 11.0. The van der Waals surface area contributed by atoms with Crippen LogP contribution in [0.15, 0.2) is 30.5 Å². The van der Waals surface area contributed by atoms with Crippen molar-refractivity contribution >= 4 is 23.2 Å². The van der Waals surface area contributed by atoms with Crippen LogP contribution in [0.5, 0.6) is 0 Å². The Balaban J connectivity index is 2.21. The Morgan fingerprint density at radius 3 is 2.89 bits per heavy atom. The summed E-state index contributed by atoms with van der Waals surface area (Å²) in [6.07, 6.45) is 1.88. The molecule has 0 unspecified atom stereocenters. The van der Waals surface area contributed by atoms with Crippen molar-refractivity contribution in [1.29, 1.82) is 0 Å². The molecule has 4 nitrogen and oxygen atoms in total. The first-order valence-electron chi connectivity index (χ1n) is 5.71. The fraction of sp³-hybridized carbons (Fsp3) is 0.231. The predicted molar refractivity (Wildman–Crippen MR) is 72.0 cm³/mol. The van der Waals surface area contributed by atoms with Crippen LogP contribution in [0, 0.1) is 6.92 Å². The number of hydrogen-bond donors (Lipinski definition) is 1. The van der Waals surface area contributed by atoms with Gasteiger partial charge in [-0.1, -0.05) is 11.6 Å². The van der Waals surface area contributed by atoms with E-state index in [9.17, 15) is 4.79 Å². The van der Waals surface area contributed by atoms with E-state index in [1.54, 1.807) is 25.1 Å². The van der Waals surface area contributed by atoms with Crippen molar-refractivity contribution in [3.8, 4) is 0 Å². The summed E-state index contributed by atoms with van der Waals surface area (Å²) in [6, 6.07) is 7.05. The van der Waals surface area contributed by atoms with Crippen LogP contribution in [0.4, 0.5) is 5.69 Å². The summed E-state index contributed by atoms with van der Waals surface area (Å²) in [5.41, 5.74) is 2.01. The Bertz CT molecular complexity index is 577. The molecule has 0 saturated carbocycles. The molecule has 0 fully saturated rings. The standard InChI is InChI=1S/C13H14ClN3O/c1-3-17-8-4-5-11(17)13(18)16-10-6-7-12(14)15-9(10)2/h4-8H,3H2,1-2H3,(H,16,18). The maximum absolute atomic E-state index is 12.1. The third-order valence-electron chi connectivity index (χ3n) is 2.70. The average Bonchev–Trinajstić information content (AvgIpc) is 2.81. The summed E-state index contributed by atoms with van der Waals surface area (Å²) in [5.74, 6) is -0.144. The van der Waals surface area contributed by atoms with E-state index in [-0.39, 0.29) is 5.91 Å². The Morgan fingerprint density at radius 1 is 1.44 bits per heavy atom. The van der Waals surface area contributed by atoms with Crippen molar-refractivity contribution in [2.24, 2.45) is 0 Å². The number of amides is 1. The first-order valence-corrected chi connectivity index (χ1v) is 6.09. The molecule has 0 aliphatic heterocycles. The molecule has 0 aliphatic carbocycles. The highest BCUT2D eigenvalue weighted by atomic mass is 35.5. The van der Waals surface area contributed by atoms with Crippen LogP contribution < -0.4 is 5.32 Å². The van der Waals surface area contributed by atoms with E-state index in [4.69, 9.17) is 11.6 Å². The number of carbonyl (C=O) groups is 1. The number of nitrogens with zero attached hydrogens (tertiary/aromatic N) is 2. The van der Waals surface area contributed by atoms with Crippen LogP contribution in [0.25, 0.3) is 0 Å². The summed E-state index contributed by atoms with van der Waals surface area (Å²) < 4.78 is 1.88. The molecule has 0 spiro atoms. The molecule has 0 radical (unpaired) electrons. The number of hydrogen-bond acceptors (Lipinski definition) is 2. The molecule has 1 N–H and O–H groups in total. The van der Waals surface area contributed by atoms with Gasteiger partial charge >= 0.3 is 0 Å². The van der Waals surface area contributed by atoms with Crippen LogP contribution in [-0.4, -0.2) is 15.5 Å². The van der Waals surface area contributed by atoms with E-state index in [1.807, 2.05) is 23.8 Å². The van der Waals surface area contributed by atoms with Crippen molar-refractivity contribution in [2.45, 2.75) is 20.4 Å². The van der Waals surface area contributed by atoms with Crippen molar-refractivity contribution < 1.29 is 4.79 Å². The normalized spacial score (nSPS) is 10.4. The molecule has 0 bridgehead atoms. The molecule has 2 heterocycles. The van der Waals surface area contributed by atoms with Gasteiger partial charge in [-0.15, -0.1) is 0 Å². The van der Waals surface area contributed by atoms with Crippen molar-refractivity contribution in [3.63, 3.8) is 0 Å². The maximum atomic E-state index is 12.1. The minimum absolute atomic E-state index is 0.144. The summed E-state index contributed by atoms with van der Waals surface area (Å²) in [5, 5.41) is 3.25. The van der Waals surface area contributed by atoms with E-state index < -0.39 is 0 Å². The summed E-state index contributed by atoms with van der Waals surface area (Å²) >= 11 is 5.77. The van der Waals surface area contributed by atoms with E-state index in [0.717, 1.165) is 6.54 Å². The van der Waals surface area contributed by atoms with Crippen LogP contribution in [0.1, 0.15) is 23.1 Å². The minimum Gasteiger partial charge on any atom is -0.344 e. The topological polar surface area (TPSA) is 46.9 Å². The van der Waals surface area contributed by atoms with Gasteiger partial charge in [0.1, 0.15) is 10.8 Å². The molecule has 94 valence electrons. The molecule has 5 heteroatoms. The second kappa shape index (κ2) is 5.23. The van der Waals surface area contributed by atoms with Crippen molar-refractivity contribution in [3.05, 3.63) is 47.0 Å². The lowest BCUT2D eigenvalue weighted by atomic mass is 10.3. The first-order chi connectivity index (χ1) is 8.61. The van der Waals surface area contributed by atoms with Gasteiger partial charge in [-0.2, -0.15) is 0 Å². The molecule has 0 saturated heterocycles. The van der Waals surface area contributed by atoms with Gasteiger partial charge in [-0.3, -0.25) is 4.79 Å². The quantitative estimate of drug-likeness (QED) is 0.865. The molecule has 2 aromatic rings. The molecule has 0 aromatic carbocycles. The number of carbonyl (C=O) groups excluding carboxylic acids is 1. The fourth-order valence-electron chi connectivity index (χ4n) is 1.74. The first kappa shape index (κ1) is 12.6. The molecule has 1 amide bonds. The lowest BCUT2D eigenvalue weighted by Gasteiger charge is -2.09. The van der Waals surface area contributed by atoms with Crippen LogP contribution in [-0.2, 0) is 6.54 Å². The number of aryl methyl sites for hydroxylation is 2. The average molecular weight is 264 g/mol. The fourth-order valence-corrected chi connectivity index (χ4v) is 1.93. The van der Waals surface area contributed by atoms with E-state index in [0.29, 0.717) is 22.2 Å². The highest BCUT2D eigenvalue weighted by Gasteiger charge is 2.11. The van der Waals surface area contributed by atoms with Gasteiger partial charge in [0, 0.05) is 12.7 Å². The Kier molecular flexibility index (Phi) is 3.67. The van der Waals surface area contributed by atoms with Gasteiger partial charge in [0.05, 0.1) is 11.4 Å². The third kappa shape index (κ3) is 2.54. The lowest BCUT2D eigenvalue weighted by Crippen LogP contribution is -2.17. The van der Waals surface area contributed by atoms with E-state index >= 15 is 0 Å². The third-order valence-corrected chi connectivity index (χ3v) is 2.91. The second-order valence-corrected chi connectivity index (χ2v) is 4.29.